The van der Waals surface area contributed by atoms with Crippen LogP contribution in [-0.4, -0.2) is 48.6 Å². The summed E-state index contributed by atoms with van der Waals surface area (Å²) >= 11 is 12.0. The van der Waals surface area contributed by atoms with Gasteiger partial charge in [0.05, 0.1) is 10.7 Å². The molecule has 1 aromatic carbocycles. The molecule has 0 unspecified atom stereocenters. The molecule has 3 heterocycles. The Bertz CT molecular complexity index is 552. The van der Waals surface area contributed by atoms with Gasteiger partial charge in [-0.15, -0.1) is 0 Å². The van der Waals surface area contributed by atoms with Crippen LogP contribution < -0.4 is 5.32 Å². The lowest BCUT2D eigenvalue weighted by molar-refractivity contribution is 0.166. The zero-order valence-electron chi connectivity index (χ0n) is 12.0. The topological polar surface area (TPSA) is 35.6 Å². The predicted octanol–water partition coefficient (Wildman–Crippen LogP) is 3.55. The molecule has 4 nitrogen and oxygen atoms in total. The van der Waals surface area contributed by atoms with Crippen LogP contribution in [0.15, 0.2) is 18.2 Å². The number of anilines is 1. The number of likely N-dealkylation sites (N-methyl/N-ethyl adjacent to an activating group) is 1. The molecular weight excluding hydrogens is 309 g/mol. The lowest BCUT2D eigenvalue weighted by Gasteiger charge is -2.32. The first-order valence-electron chi connectivity index (χ1n) is 7.24. The number of amides is 2. The Morgan fingerprint density at radius 1 is 1.24 bits per heavy atom. The fraction of sp³-hybridized carbons (Fsp3) is 0.533. The van der Waals surface area contributed by atoms with Crippen molar-refractivity contribution < 1.29 is 4.79 Å². The fourth-order valence-electron chi connectivity index (χ4n) is 3.27. The number of rotatable bonds is 1. The molecule has 2 atom stereocenters. The van der Waals surface area contributed by atoms with Crippen molar-refractivity contribution in [3.8, 4) is 0 Å². The van der Waals surface area contributed by atoms with Crippen LogP contribution in [0, 0.1) is 5.92 Å². The van der Waals surface area contributed by atoms with Gasteiger partial charge in [0.25, 0.3) is 0 Å². The van der Waals surface area contributed by atoms with Crippen LogP contribution in [-0.2, 0) is 0 Å². The molecule has 3 aliphatic heterocycles. The summed E-state index contributed by atoms with van der Waals surface area (Å²) in [5.74, 6) is 0.570. The van der Waals surface area contributed by atoms with Crippen molar-refractivity contribution in [2.45, 2.75) is 18.9 Å². The quantitative estimate of drug-likeness (QED) is 0.856. The second kappa shape index (κ2) is 6.03. The van der Waals surface area contributed by atoms with Crippen LogP contribution in [0.2, 0.25) is 10.0 Å². The highest BCUT2D eigenvalue weighted by atomic mass is 35.5. The molecule has 0 aromatic heterocycles. The SMILES string of the molecule is CN1C[C@H]2CC[C@@H]1CN(C(=O)Nc1ccc(Cl)cc1Cl)C2. The second-order valence-electron chi connectivity index (χ2n) is 6.00. The van der Waals surface area contributed by atoms with Gasteiger partial charge in [-0.3, -0.25) is 0 Å². The maximum Gasteiger partial charge on any atom is 0.321 e. The summed E-state index contributed by atoms with van der Waals surface area (Å²) in [6.45, 7) is 2.68. The standard InChI is InChI=1S/C15H19Cl2N3O/c1-19-7-10-2-4-12(19)9-20(8-10)15(21)18-14-5-3-11(16)6-13(14)17/h3,5-6,10,12H,2,4,7-9H2,1H3,(H,18,21)/t10-,12-/m1/s1. The van der Waals surface area contributed by atoms with Crippen molar-refractivity contribution in [2.24, 2.45) is 5.92 Å². The van der Waals surface area contributed by atoms with Crippen molar-refractivity contribution in [1.29, 1.82) is 0 Å². The summed E-state index contributed by atoms with van der Waals surface area (Å²) in [5.41, 5.74) is 0.607. The van der Waals surface area contributed by atoms with Gasteiger partial charge in [0.1, 0.15) is 0 Å². The number of benzene rings is 1. The van der Waals surface area contributed by atoms with Crippen molar-refractivity contribution in [3.63, 3.8) is 0 Å². The Balaban J connectivity index is 1.70. The number of nitrogens with one attached hydrogen (secondary N) is 1. The van der Waals surface area contributed by atoms with E-state index < -0.39 is 0 Å². The average Bonchev–Trinajstić information content (AvgIpc) is 2.73. The van der Waals surface area contributed by atoms with E-state index in [9.17, 15) is 4.79 Å². The van der Waals surface area contributed by atoms with Gasteiger partial charge in [-0.1, -0.05) is 23.2 Å². The maximum atomic E-state index is 12.5. The van der Waals surface area contributed by atoms with E-state index in [1.807, 2.05) is 4.90 Å². The van der Waals surface area contributed by atoms with Gasteiger partial charge in [-0.25, -0.2) is 4.79 Å². The molecule has 21 heavy (non-hydrogen) atoms. The summed E-state index contributed by atoms with van der Waals surface area (Å²) < 4.78 is 0. The van der Waals surface area contributed by atoms with Crippen LogP contribution in [0.25, 0.3) is 0 Å². The molecule has 6 heteroatoms. The van der Waals surface area contributed by atoms with Gasteiger partial charge in [0.15, 0.2) is 0 Å². The highest BCUT2D eigenvalue weighted by Gasteiger charge is 2.34. The molecule has 3 saturated heterocycles. The third kappa shape index (κ3) is 3.28. The van der Waals surface area contributed by atoms with Crippen LogP contribution in [0.5, 0.6) is 0 Å². The monoisotopic (exact) mass is 327 g/mol. The van der Waals surface area contributed by atoms with E-state index >= 15 is 0 Å². The highest BCUT2D eigenvalue weighted by Crippen LogP contribution is 2.29. The molecule has 3 fully saturated rings. The predicted molar refractivity (Wildman–Crippen MR) is 86.2 cm³/mol. The van der Waals surface area contributed by atoms with Gasteiger partial charge in [0, 0.05) is 30.7 Å². The second-order valence-corrected chi connectivity index (χ2v) is 6.84. The van der Waals surface area contributed by atoms with Gasteiger partial charge in [0.2, 0.25) is 0 Å². The number of halogens is 2. The first-order valence-corrected chi connectivity index (χ1v) is 7.99. The molecular formula is C15H19Cl2N3O. The summed E-state index contributed by atoms with van der Waals surface area (Å²) in [5, 5.41) is 3.92. The van der Waals surface area contributed by atoms with Gasteiger partial charge in [-0.2, -0.15) is 0 Å². The van der Waals surface area contributed by atoms with Gasteiger partial charge < -0.3 is 15.1 Å². The molecule has 2 bridgehead atoms. The van der Waals surface area contributed by atoms with Crippen molar-refractivity contribution in [2.75, 3.05) is 32.0 Å². The number of fused-ring (bicyclic) bond motifs is 4. The van der Waals surface area contributed by atoms with Crippen LogP contribution >= 0.6 is 23.2 Å². The number of piperidine rings is 1. The minimum absolute atomic E-state index is 0.0774. The molecule has 1 N–H and O–H groups in total. The molecule has 2 amide bonds. The third-order valence-corrected chi connectivity index (χ3v) is 5.00. The Labute approximate surface area is 135 Å². The van der Waals surface area contributed by atoms with Gasteiger partial charge >= 0.3 is 6.03 Å². The molecule has 4 rings (SSSR count). The largest absolute Gasteiger partial charge is 0.323 e. The Hall–Kier alpha value is -0.970. The molecule has 3 aliphatic rings. The Kier molecular flexibility index (Phi) is 4.29. The molecule has 114 valence electrons. The summed E-state index contributed by atoms with van der Waals surface area (Å²) in [6.07, 6.45) is 2.38. The lowest BCUT2D eigenvalue weighted by atomic mass is 9.96. The summed E-state index contributed by atoms with van der Waals surface area (Å²) in [6, 6.07) is 5.49. The number of hydrogen-bond donors (Lipinski definition) is 1. The highest BCUT2D eigenvalue weighted by molar-refractivity contribution is 6.36. The minimum atomic E-state index is -0.0774. The molecule has 0 radical (unpaired) electrons. The van der Waals surface area contributed by atoms with Crippen LogP contribution in [0.3, 0.4) is 0 Å². The molecule has 0 aliphatic carbocycles. The van der Waals surface area contributed by atoms with Gasteiger partial charge in [-0.05, 0) is 44.0 Å². The Morgan fingerprint density at radius 2 is 2.05 bits per heavy atom. The van der Waals surface area contributed by atoms with E-state index in [0.717, 1.165) is 19.6 Å². The average molecular weight is 328 g/mol. The van der Waals surface area contributed by atoms with Crippen LogP contribution in [0.4, 0.5) is 10.5 Å². The smallest absolute Gasteiger partial charge is 0.321 e. The lowest BCUT2D eigenvalue weighted by Crippen LogP contribution is -2.42. The number of carbonyl (C=O) groups is 1. The van der Waals surface area contributed by atoms with E-state index in [-0.39, 0.29) is 6.03 Å². The molecule has 0 spiro atoms. The summed E-state index contributed by atoms with van der Waals surface area (Å²) in [7, 11) is 2.15. The number of urea groups is 1. The molecule has 0 saturated carbocycles. The van der Waals surface area contributed by atoms with E-state index in [4.69, 9.17) is 23.2 Å². The third-order valence-electron chi connectivity index (χ3n) is 4.45. The normalized spacial score (nSPS) is 25.8. The van der Waals surface area contributed by atoms with E-state index in [1.165, 1.54) is 12.8 Å². The maximum absolute atomic E-state index is 12.5. The number of carbonyl (C=O) groups excluding carboxylic acids is 1. The molecule has 1 aromatic rings. The van der Waals surface area contributed by atoms with Crippen molar-refractivity contribution in [3.05, 3.63) is 28.2 Å². The number of hydrogen-bond acceptors (Lipinski definition) is 2. The minimum Gasteiger partial charge on any atom is -0.323 e. The van der Waals surface area contributed by atoms with E-state index in [1.54, 1.807) is 18.2 Å². The first kappa shape index (κ1) is 14.9. The fourth-order valence-corrected chi connectivity index (χ4v) is 3.72. The number of nitrogens with zero attached hydrogens (tertiary/aromatic N) is 2. The Morgan fingerprint density at radius 3 is 2.76 bits per heavy atom. The van der Waals surface area contributed by atoms with E-state index in [0.29, 0.717) is 27.7 Å². The van der Waals surface area contributed by atoms with Crippen molar-refractivity contribution >= 4 is 34.9 Å². The van der Waals surface area contributed by atoms with Crippen LogP contribution in [0.1, 0.15) is 12.8 Å². The first-order chi connectivity index (χ1) is 10.0. The van der Waals surface area contributed by atoms with Crippen molar-refractivity contribution in [1.82, 2.24) is 9.80 Å². The zero-order valence-corrected chi connectivity index (χ0v) is 13.5. The summed E-state index contributed by atoms with van der Waals surface area (Å²) in [4.78, 5) is 16.8. The van der Waals surface area contributed by atoms with E-state index in [2.05, 4.69) is 17.3 Å². The zero-order chi connectivity index (χ0) is 15.0.